The molecular formula is C10H14N4S. The van der Waals surface area contributed by atoms with Crippen LogP contribution in [0.3, 0.4) is 0 Å². The number of fused-ring (bicyclic) bond motifs is 1. The zero-order valence-electron chi connectivity index (χ0n) is 8.90. The van der Waals surface area contributed by atoms with Crippen LogP contribution in [0.1, 0.15) is 0 Å². The van der Waals surface area contributed by atoms with Crippen LogP contribution in [0.15, 0.2) is 17.6 Å². The van der Waals surface area contributed by atoms with Gasteiger partial charge in [-0.25, -0.2) is 9.97 Å². The van der Waals surface area contributed by atoms with Crippen molar-refractivity contribution < 1.29 is 0 Å². The number of rotatable bonds is 4. The highest BCUT2D eigenvalue weighted by Gasteiger charge is 1.99. The third-order valence-corrected chi connectivity index (χ3v) is 2.80. The predicted molar refractivity (Wildman–Crippen MR) is 64.5 cm³/mol. The molecule has 0 saturated carbocycles. The largest absolute Gasteiger partial charge is 0.369 e. The smallest absolute Gasteiger partial charge is 0.145 e. The number of hydrogen-bond acceptors (Lipinski definition) is 5. The maximum Gasteiger partial charge on any atom is 0.145 e. The number of thiazole rings is 1. The first-order valence-corrected chi connectivity index (χ1v) is 5.72. The molecule has 2 rings (SSSR count). The van der Waals surface area contributed by atoms with Gasteiger partial charge in [0.15, 0.2) is 0 Å². The van der Waals surface area contributed by atoms with Gasteiger partial charge in [0.05, 0.1) is 5.51 Å². The first kappa shape index (κ1) is 10.3. The van der Waals surface area contributed by atoms with Crippen molar-refractivity contribution in [3.63, 3.8) is 0 Å². The van der Waals surface area contributed by atoms with E-state index in [1.807, 2.05) is 17.6 Å². The minimum Gasteiger partial charge on any atom is -0.369 e. The third-order valence-electron chi connectivity index (χ3n) is 2.06. The average Bonchev–Trinajstić information content (AvgIpc) is 2.64. The molecule has 0 bridgehead atoms. The van der Waals surface area contributed by atoms with E-state index in [1.54, 1.807) is 11.3 Å². The van der Waals surface area contributed by atoms with Gasteiger partial charge in [-0.2, -0.15) is 0 Å². The number of nitrogens with zero attached hydrogens (tertiary/aromatic N) is 3. The average molecular weight is 222 g/mol. The van der Waals surface area contributed by atoms with Crippen LogP contribution in [0, 0.1) is 0 Å². The number of hydrogen-bond donors (Lipinski definition) is 1. The highest BCUT2D eigenvalue weighted by Crippen LogP contribution is 2.17. The van der Waals surface area contributed by atoms with E-state index in [9.17, 15) is 0 Å². The molecule has 0 unspecified atom stereocenters. The van der Waals surface area contributed by atoms with E-state index in [1.165, 1.54) is 0 Å². The summed E-state index contributed by atoms with van der Waals surface area (Å²) in [4.78, 5) is 11.8. The maximum absolute atomic E-state index is 4.46. The number of likely N-dealkylation sites (N-methyl/N-ethyl adjacent to an activating group) is 1. The first-order valence-electron chi connectivity index (χ1n) is 4.84. The molecule has 0 saturated heterocycles. The summed E-state index contributed by atoms with van der Waals surface area (Å²) >= 11 is 1.57. The Balaban J connectivity index is 2.02. The Labute approximate surface area is 93.0 Å². The molecule has 4 nitrogen and oxygen atoms in total. The van der Waals surface area contributed by atoms with Crippen molar-refractivity contribution in [2.75, 3.05) is 32.5 Å². The quantitative estimate of drug-likeness (QED) is 0.854. The van der Waals surface area contributed by atoms with Gasteiger partial charge in [0.1, 0.15) is 16.2 Å². The Morgan fingerprint density at radius 3 is 3.07 bits per heavy atom. The van der Waals surface area contributed by atoms with Crippen molar-refractivity contribution in [2.24, 2.45) is 0 Å². The van der Waals surface area contributed by atoms with Crippen LogP contribution in [0.5, 0.6) is 0 Å². The fraction of sp³-hybridized carbons (Fsp3) is 0.400. The number of nitrogens with one attached hydrogen (secondary N) is 1. The highest BCUT2D eigenvalue weighted by atomic mass is 32.1. The number of aromatic nitrogens is 2. The van der Waals surface area contributed by atoms with Crippen molar-refractivity contribution >= 4 is 27.5 Å². The predicted octanol–water partition coefficient (Wildman–Crippen LogP) is 1.66. The molecule has 0 spiro atoms. The number of pyridine rings is 1. The Bertz CT molecular complexity index is 438. The highest BCUT2D eigenvalue weighted by molar-refractivity contribution is 7.16. The fourth-order valence-corrected chi connectivity index (χ4v) is 1.92. The monoisotopic (exact) mass is 222 g/mol. The molecule has 0 aliphatic carbocycles. The maximum atomic E-state index is 4.46. The van der Waals surface area contributed by atoms with Crippen molar-refractivity contribution in [3.05, 3.63) is 17.6 Å². The first-order chi connectivity index (χ1) is 7.25. The second-order valence-corrected chi connectivity index (χ2v) is 4.44. The van der Waals surface area contributed by atoms with E-state index in [4.69, 9.17) is 0 Å². The van der Waals surface area contributed by atoms with E-state index >= 15 is 0 Å². The summed E-state index contributed by atoms with van der Waals surface area (Å²) in [6.07, 6.45) is 0. The lowest BCUT2D eigenvalue weighted by Gasteiger charge is -2.10. The topological polar surface area (TPSA) is 41.0 Å². The molecule has 2 aromatic heterocycles. The molecule has 1 N–H and O–H groups in total. The van der Waals surface area contributed by atoms with Gasteiger partial charge in [-0.15, -0.1) is 11.3 Å². The molecule has 2 aromatic rings. The molecule has 15 heavy (non-hydrogen) atoms. The minimum atomic E-state index is 0.907. The van der Waals surface area contributed by atoms with E-state index in [-0.39, 0.29) is 0 Å². The normalized spacial score (nSPS) is 11.1. The SMILES string of the molecule is CN(C)CCNc1ccc2ncsc2n1. The van der Waals surface area contributed by atoms with Crippen LogP contribution in [-0.4, -0.2) is 42.1 Å². The van der Waals surface area contributed by atoms with Gasteiger partial charge < -0.3 is 10.2 Å². The van der Waals surface area contributed by atoms with Gasteiger partial charge in [-0.1, -0.05) is 0 Å². The minimum absolute atomic E-state index is 0.907. The summed E-state index contributed by atoms with van der Waals surface area (Å²) in [6, 6.07) is 3.97. The second-order valence-electron chi connectivity index (χ2n) is 3.60. The summed E-state index contributed by atoms with van der Waals surface area (Å²) in [5.41, 5.74) is 2.79. The number of anilines is 1. The van der Waals surface area contributed by atoms with Crippen molar-refractivity contribution in [2.45, 2.75) is 0 Å². The Hall–Kier alpha value is -1.20. The van der Waals surface area contributed by atoms with Crippen molar-refractivity contribution in [3.8, 4) is 0 Å². The van der Waals surface area contributed by atoms with Crippen LogP contribution in [0.25, 0.3) is 10.3 Å². The van der Waals surface area contributed by atoms with Crippen molar-refractivity contribution in [1.29, 1.82) is 0 Å². The molecule has 0 atom stereocenters. The Morgan fingerprint density at radius 2 is 2.27 bits per heavy atom. The van der Waals surface area contributed by atoms with Gasteiger partial charge in [0, 0.05) is 13.1 Å². The molecule has 80 valence electrons. The molecular weight excluding hydrogens is 208 g/mol. The van der Waals surface area contributed by atoms with Gasteiger partial charge in [-0.05, 0) is 26.2 Å². The van der Waals surface area contributed by atoms with Crippen LogP contribution >= 0.6 is 11.3 Å². The molecule has 0 amide bonds. The van der Waals surface area contributed by atoms with E-state index in [2.05, 4.69) is 34.3 Å². The van der Waals surface area contributed by atoms with E-state index in [0.29, 0.717) is 0 Å². The van der Waals surface area contributed by atoms with Crippen molar-refractivity contribution in [1.82, 2.24) is 14.9 Å². The lowest BCUT2D eigenvalue weighted by atomic mass is 10.4. The third kappa shape index (κ3) is 2.64. The summed E-state index contributed by atoms with van der Waals surface area (Å²) in [7, 11) is 4.11. The Kier molecular flexibility index (Phi) is 3.13. The van der Waals surface area contributed by atoms with Gasteiger partial charge in [-0.3, -0.25) is 0 Å². The molecule has 0 fully saturated rings. The molecule has 5 heteroatoms. The van der Waals surface area contributed by atoms with Gasteiger partial charge in [0.25, 0.3) is 0 Å². The zero-order chi connectivity index (χ0) is 10.7. The van der Waals surface area contributed by atoms with E-state index in [0.717, 1.165) is 29.3 Å². The second kappa shape index (κ2) is 4.55. The van der Waals surface area contributed by atoms with Crippen LogP contribution in [0.4, 0.5) is 5.82 Å². The summed E-state index contributed by atoms with van der Waals surface area (Å²) in [5.74, 6) is 0.925. The molecule has 0 aliphatic rings. The lowest BCUT2D eigenvalue weighted by Crippen LogP contribution is -2.21. The van der Waals surface area contributed by atoms with Gasteiger partial charge >= 0.3 is 0 Å². The summed E-state index contributed by atoms with van der Waals surface area (Å²) < 4.78 is 0. The van der Waals surface area contributed by atoms with Crippen LogP contribution < -0.4 is 5.32 Å². The summed E-state index contributed by atoms with van der Waals surface area (Å²) in [5, 5.41) is 3.28. The molecule has 0 radical (unpaired) electrons. The standard InChI is InChI=1S/C10H14N4S/c1-14(2)6-5-11-9-4-3-8-10(13-9)15-7-12-8/h3-4,7H,5-6H2,1-2H3,(H,11,13). The molecule has 0 aliphatic heterocycles. The zero-order valence-corrected chi connectivity index (χ0v) is 9.71. The molecule has 0 aromatic carbocycles. The Morgan fingerprint density at radius 1 is 1.40 bits per heavy atom. The summed E-state index contributed by atoms with van der Waals surface area (Å²) in [6.45, 7) is 1.91. The lowest BCUT2D eigenvalue weighted by molar-refractivity contribution is 0.425. The fourth-order valence-electron chi connectivity index (χ4n) is 1.26. The van der Waals surface area contributed by atoms with Crippen LogP contribution in [-0.2, 0) is 0 Å². The van der Waals surface area contributed by atoms with Gasteiger partial charge in [0.2, 0.25) is 0 Å². The molecule has 2 heterocycles. The van der Waals surface area contributed by atoms with Crippen LogP contribution in [0.2, 0.25) is 0 Å². The van der Waals surface area contributed by atoms with E-state index < -0.39 is 0 Å².